The first kappa shape index (κ1) is 14.6. The fourth-order valence-corrected chi connectivity index (χ4v) is 2.09. The Hall–Kier alpha value is -1.84. The van der Waals surface area contributed by atoms with E-state index in [2.05, 4.69) is 24.4 Å². The lowest BCUT2D eigenvalue weighted by Crippen LogP contribution is -2.24. The SMILES string of the molecule is COc1ccc(C(O)CNC(C)c2ccccc2)cc1. The Kier molecular flexibility index (Phi) is 5.16. The molecule has 0 radical (unpaired) electrons. The number of benzene rings is 2. The summed E-state index contributed by atoms with van der Waals surface area (Å²) in [7, 11) is 1.63. The van der Waals surface area contributed by atoms with Gasteiger partial charge in [0.05, 0.1) is 13.2 Å². The van der Waals surface area contributed by atoms with E-state index in [-0.39, 0.29) is 6.04 Å². The molecule has 0 fully saturated rings. The molecule has 0 saturated heterocycles. The van der Waals surface area contributed by atoms with Crippen LogP contribution in [0.25, 0.3) is 0 Å². The smallest absolute Gasteiger partial charge is 0.118 e. The van der Waals surface area contributed by atoms with E-state index in [1.807, 2.05) is 42.5 Å². The van der Waals surface area contributed by atoms with Gasteiger partial charge in [0.1, 0.15) is 5.75 Å². The molecule has 106 valence electrons. The van der Waals surface area contributed by atoms with Crippen LogP contribution >= 0.6 is 0 Å². The molecular weight excluding hydrogens is 250 g/mol. The van der Waals surface area contributed by atoms with Crippen molar-refractivity contribution in [1.82, 2.24) is 5.32 Å². The van der Waals surface area contributed by atoms with Crippen molar-refractivity contribution in [3.8, 4) is 5.75 Å². The zero-order valence-corrected chi connectivity index (χ0v) is 11.9. The average Bonchev–Trinajstić information content (AvgIpc) is 2.53. The first-order chi connectivity index (χ1) is 9.70. The Morgan fingerprint density at radius 3 is 2.25 bits per heavy atom. The fourth-order valence-electron chi connectivity index (χ4n) is 2.09. The Morgan fingerprint density at radius 2 is 1.65 bits per heavy atom. The second-order valence-electron chi connectivity index (χ2n) is 4.83. The monoisotopic (exact) mass is 271 g/mol. The Labute approximate surface area is 120 Å². The second-order valence-corrected chi connectivity index (χ2v) is 4.83. The third kappa shape index (κ3) is 3.83. The van der Waals surface area contributed by atoms with Gasteiger partial charge >= 0.3 is 0 Å². The lowest BCUT2D eigenvalue weighted by molar-refractivity contribution is 0.170. The molecule has 0 amide bonds. The fraction of sp³-hybridized carbons (Fsp3) is 0.294. The van der Waals surface area contributed by atoms with Crippen molar-refractivity contribution in [2.75, 3.05) is 13.7 Å². The van der Waals surface area contributed by atoms with E-state index in [4.69, 9.17) is 4.74 Å². The minimum atomic E-state index is -0.521. The van der Waals surface area contributed by atoms with Gasteiger partial charge in [-0.15, -0.1) is 0 Å². The molecule has 0 spiro atoms. The van der Waals surface area contributed by atoms with E-state index in [0.29, 0.717) is 6.54 Å². The molecule has 0 aliphatic carbocycles. The summed E-state index contributed by atoms with van der Waals surface area (Å²) in [5, 5.41) is 13.5. The summed E-state index contributed by atoms with van der Waals surface area (Å²) in [5.41, 5.74) is 2.10. The van der Waals surface area contributed by atoms with Crippen LogP contribution in [-0.2, 0) is 0 Å². The van der Waals surface area contributed by atoms with Crippen LogP contribution in [0.3, 0.4) is 0 Å². The van der Waals surface area contributed by atoms with E-state index < -0.39 is 6.10 Å². The first-order valence-corrected chi connectivity index (χ1v) is 6.81. The molecule has 0 aliphatic rings. The van der Waals surface area contributed by atoms with E-state index in [0.717, 1.165) is 11.3 Å². The standard InChI is InChI=1S/C17H21NO2/c1-13(14-6-4-3-5-7-14)18-12-17(19)15-8-10-16(20-2)11-9-15/h3-11,13,17-19H,12H2,1-2H3. The van der Waals surface area contributed by atoms with Gasteiger partial charge in [0.15, 0.2) is 0 Å². The van der Waals surface area contributed by atoms with Crippen molar-refractivity contribution in [2.45, 2.75) is 19.1 Å². The number of aliphatic hydroxyl groups is 1. The van der Waals surface area contributed by atoms with Crippen molar-refractivity contribution < 1.29 is 9.84 Å². The van der Waals surface area contributed by atoms with Crippen LogP contribution in [0.2, 0.25) is 0 Å². The van der Waals surface area contributed by atoms with Crippen LogP contribution < -0.4 is 10.1 Å². The molecule has 3 heteroatoms. The predicted octanol–water partition coefficient (Wildman–Crippen LogP) is 3.08. The van der Waals surface area contributed by atoms with Crippen molar-refractivity contribution in [3.63, 3.8) is 0 Å². The van der Waals surface area contributed by atoms with Gasteiger partial charge in [-0.1, -0.05) is 42.5 Å². The predicted molar refractivity (Wildman–Crippen MR) is 80.8 cm³/mol. The summed E-state index contributed by atoms with van der Waals surface area (Å²) in [6.45, 7) is 2.61. The topological polar surface area (TPSA) is 41.5 Å². The lowest BCUT2D eigenvalue weighted by atomic mass is 10.1. The molecule has 0 aromatic heterocycles. The molecule has 3 nitrogen and oxygen atoms in total. The maximum Gasteiger partial charge on any atom is 0.118 e. The van der Waals surface area contributed by atoms with Gasteiger partial charge in [-0.2, -0.15) is 0 Å². The van der Waals surface area contributed by atoms with Gasteiger partial charge in [0.2, 0.25) is 0 Å². The molecule has 0 aliphatic heterocycles. The quantitative estimate of drug-likeness (QED) is 0.848. The molecule has 0 saturated carbocycles. The van der Waals surface area contributed by atoms with Crippen molar-refractivity contribution in [3.05, 3.63) is 65.7 Å². The average molecular weight is 271 g/mol. The van der Waals surface area contributed by atoms with Crippen LogP contribution in [0.15, 0.2) is 54.6 Å². The van der Waals surface area contributed by atoms with E-state index in [9.17, 15) is 5.11 Å². The number of hydrogen-bond acceptors (Lipinski definition) is 3. The van der Waals surface area contributed by atoms with Crippen LogP contribution in [0.4, 0.5) is 0 Å². The summed E-state index contributed by atoms with van der Waals surface area (Å²) in [5.74, 6) is 0.798. The van der Waals surface area contributed by atoms with Gasteiger partial charge in [0.25, 0.3) is 0 Å². The Morgan fingerprint density at radius 1 is 1.00 bits per heavy atom. The molecular formula is C17H21NO2. The largest absolute Gasteiger partial charge is 0.497 e. The van der Waals surface area contributed by atoms with Gasteiger partial charge < -0.3 is 15.2 Å². The number of rotatable bonds is 6. The summed E-state index contributed by atoms with van der Waals surface area (Å²) in [6, 6.07) is 17.9. The highest BCUT2D eigenvalue weighted by molar-refractivity contribution is 5.28. The van der Waals surface area contributed by atoms with Gasteiger partial charge in [-0.3, -0.25) is 0 Å². The van der Waals surface area contributed by atoms with Crippen LogP contribution in [0.1, 0.15) is 30.2 Å². The summed E-state index contributed by atoms with van der Waals surface area (Å²) < 4.78 is 5.11. The number of aliphatic hydroxyl groups excluding tert-OH is 1. The van der Waals surface area contributed by atoms with Crippen molar-refractivity contribution in [2.24, 2.45) is 0 Å². The highest BCUT2D eigenvalue weighted by Crippen LogP contribution is 2.18. The zero-order chi connectivity index (χ0) is 14.4. The molecule has 0 bridgehead atoms. The summed E-state index contributed by atoms with van der Waals surface area (Å²) in [4.78, 5) is 0. The van der Waals surface area contributed by atoms with Gasteiger partial charge in [0, 0.05) is 12.6 Å². The number of ether oxygens (including phenoxy) is 1. The molecule has 20 heavy (non-hydrogen) atoms. The Bertz CT molecular complexity index is 510. The minimum absolute atomic E-state index is 0.212. The normalized spacial score (nSPS) is 13.8. The summed E-state index contributed by atoms with van der Waals surface area (Å²) in [6.07, 6.45) is -0.521. The van der Waals surface area contributed by atoms with Gasteiger partial charge in [-0.05, 0) is 30.2 Å². The second kappa shape index (κ2) is 7.08. The number of methoxy groups -OCH3 is 1. The van der Waals surface area contributed by atoms with E-state index in [1.165, 1.54) is 5.56 Å². The highest BCUT2D eigenvalue weighted by Gasteiger charge is 2.10. The maximum absolute atomic E-state index is 10.2. The highest BCUT2D eigenvalue weighted by atomic mass is 16.5. The van der Waals surface area contributed by atoms with E-state index >= 15 is 0 Å². The molecule has 2 N–H and O–H groups in total. The summed E-state index contributed by atoms with van der Waals surface area (Å²) >= 11 is 0. The van der Waals surface area contributed by atoms with Crippen LogP contribution in [0.5, 0.6) is 5.75 Å². The first-order valence-electron chi connectivity index (χ1n) is 6.81. The third-order valence-electron chi connectivity index (χ3n) is 3.42. The molecule has 2 rings (SSSR count). The lowest BCUT2D eigenvalue weighted by Gasteiger charge is -2.18. The Balaban J connectivity index is 1.89. The molecule has 2 aromatic rings. The van der Waals surface area contributed by atoms with Crippen molar-refractivity contribution in [1.29, 1.82) is 0 Å². The number of nitrogens with one attached hydrogen (secondary N) is 1. The zero-order valence-electron chi connectivity index (χ0n) is 11.9. The molecule has 2 unspecified atom stereocenters. The minimum Gasteiger partial charge on any atom is -0.497 e. The maximum atomic E-state index is 10.2. The van der Waals surface area contributed by atoms with E-state index in [1.54, 1.807) is 7.11 Å². The number of hydrogen-bond donors (Lipinski definition) is 2. The van der Waals surface area contributed by atoms with Crippen LogP contribution in [-0.4, -0.2) is 18.8 Å². The third-order valence-corrected chi connectivity index (χ3v) is 3.42. The molecule has 2 atom stereocenters. The molecule has 0 heterocycles. The van der Waals surface area contributed by atoms with Crippen molar-refractivity contribution >= 4 is 0 Å². The van der Waals surface area contributed by atoms with Gasteiger partial charge in [-0.25, -0.2) is 0 Å². The molecule has 2 aromatic carbocycles. The van der Waals surface area contributed by atoms with Crippen LogP contribution in [0, 0.1) is 0 Å².